The first-order chi connectivity index (χ1) is 27.7. The molecule has 0 spiro atoms. The summed E-state index contributed by atoms with van der Waals surface area (Å²) in [5, 5.41) is 5.80. The van der Waals surface area contributed by atoms with E-state index in [4.69, 9.17) is 14.2 Å². The maximum absolute atomic E-state index is 14.7. The number of hydrogen-bond acceptors (Lipinski definition) is 10. The minimum absolute atomic E-state index is 0.0158. The van der Waals surface area contributed by atoms with Crippen molar-refractivity contribution in [3.8, 4) is 11.6 Å². The maximum atomic E-state index is 14.7. The number of benzene rings is 1. The highest BCUT2D eigenvalue weighted by Gasteiger charge is 2.62. The molecule has 2 saturated carbocycles. The standard InChI is InChI=1S/C41H54F3N5O9S/c1-6-56-33-22-45-35(30-14-10-9-13-29(30)33)57-27-20-32-34(50)47-40(37(52)48-59(54,55)28-17-18-28)21-26(40)12-8-7-11-24(2)15-16-25(3)19-31(36(51)49(32)23-27)46-38(53)58-39(4,5)41(42,43)44/h8-10,12-14,22,24-28,31-32H,6-7,11,15-21,23H2,1-5H3,(H,46,53)(H,47,50)(H,48,52)/b12-8-/t24-,25?,26-,27-,31+,32+,40-/m1/s1. The van der Waals surface area contributed by atoms with Crippen LogP contribution in [0, 0.1) is 17.8 Å². The summed E-state index contributed by atoms with van der Waals surface area (Å²) in [5.41, 5.74) is -4.51. The van der Waals surface area contributed by atoms with E-state index in [2.05, 4.69) is 27.3 Å². The van der Waals surface area contributed by atoms with Gasteiger partial charge in [-0.3, -0.25) is 19.1 Å². The zero-order valence-electron chi connectivity index (χ0n) is 34.0. The average molecular weight is 850 g/mol. The molecule has 1 saturated heterocycles. The molecular formula is C41H54F3N5O9S. The number of pyridine rings is 1. The molecule has 2 aliphatic carbocycles. The van der Waals surface area contributed by atoms with Crippen molar-refractivity contribution in [2.24, 2.45) is 17.8 Å². The van der Waals surface area contributed by atoms with Gasteiger partial charge in [0.15, 0.2) is 0 Å². The highest BCUT2D eigenvalue weighted by Crippen LogP contribution is 2.46. The Hall–Kier alpha value is -4.61. The van der Waals surface area contributed by atoms with Crippen LogP contribution >= 0.6 is 0 Å². The van der Waals surface area contributed by atoms with Gasteiger partial charge in [-0.15, -0.1) is 0 Å². The largest absolute Gasteiger partial charge is 0.492 e. The lowest BCUT2D eigenvalue weighted by Crippen LogP contribution is -2.58. The van der Waals surface area contributed by atoms with Crippen molar-refractivity contribution in [1.29, 1.82) is 0 Å². The molecule has 1 aromatic carbocycles. The van der Waals surface area contributed by atoms with Crippen LogP contribution < -0.4 is 24.8 Å². The molecular weight excluding hydrogens is 796 g/mol. The Kier molecular flexibility index (Phi) is 12.8. The summed E-state index contributed by atoms with van der Waals surface area (Å²) < 4.78 is 86.2. The van der Waals surface area contributed by atoms with Gasteiger partial charge in [-0.1, -0.05) is 57.0 Å². The first-order valence-electron chi connectivity index (χ1n) is 20.3. The average Bonchev–Trinajstić information content (AvgIpc) is 4.09. The SMILES string of the molecule is CCOc1cnc(O[C@@H]2C[C@H]3C(=O)N[C@]4(C(=O)NS(=O)(=O)C5CC5)C[C@H]4/C=C\CC[C@@H](C)CCC(C)C[C@H](NC(=O)OC(C)(C)C(F)(F)F)C(=O)N3C2)c2ccccc12. The predicted octanol–water partition coefficient (Wildman–Crippen LogP) is 5.69. The van der Waals surface area contributed by atoms with Crippen LogP contribution in [0.1, 0.15) is 92.4 Å². The van der Waals surface area contributed by atoms with Crippen molar-refractivity contribution in [3.05, 3.63) is 42.6 Å². The maximum Gasteiger partial charge on any atom is 0.427 e. The zero-order valence-corrected chi connectivity index (χ0v) is 34.8. The number of ether oxygens (including phenoxy) is 3. The number of nitrogens with zero attached hydrogens (tertiary/aromatic N) is 2. The van der Waals surface area contributed by atoms with Crippen molar-refractivity contribution in [3.63, 3.8) is 0 Å². The van der Waals surface area contributed by atoms with Crippen LogP contribution in [0.25, 0.3) is 10.8 Å². The second-order valence-corrected chi connectivity index (χ2v) is 18.9. The van der Waals surface area contributed by atoms with Crippen molar-refractivity contribution in [1.82, 2.24) is 25.2 Å². The van der Waals surface area contributed by atoms with E-state index < -0.39 is 80.5 Å². The predicted molar refractivity (Wildman–Crippen MR) is 211 cm³/mol. The fraction of sp³-hybridized carbons (Fsp3) is 0.634. The second-order valence-electron chi connectivity index (χ2n) is 17.0. The van der Waals surface area contributed by atoms with Gasteiger partial charge in [-0.2, -0.15) is 13.2 Å². The molecule has 6 rings (SSSR count). The zero-order chi connectivity index (χ0) is 42.9. The quantitative estimate of drug-likeness (QED) is 0.265. The van der Waals surface area contributed by atoms with Gasteiger partial charge in [-0.25, -0.2) is 18.2 Å². The number of amides is 4. The molecule has 2 aliphatic heterocycles. The topological polar surface area (TPSA) is 182 Å². The lowest BCUT2D eigenvalue weighted by molar-refractivity contribution is -0.244. The van der Waals surface area contributed by atoms with Crippen LogP contribution in [0.5, 0.6) is 11.6 Å². The summed E-state index contributed by atoms with van der Waals surface area (Å²) in [6, 6.07) is 4.51. The number of allylic oxidation sites excluding steroid dienone is 1. The van der Waals surface area contributed by atoms with Crippen LogP contribution in [-0.4, -0.2) is 96.0 Å². The van der Waals surface area contributed by atoms with Crippen LogP contribution in [0.2, 0.25) is 0 Å². The number of fused-ring (bicyclic) bond motifs is 3. The van der Waals surface area contributed by atoms with Gasteiger partial charge in [-0.05, 0) is 77.2 Å². The van der Waals surface area contributed by atoms with Gasteiger partial charge in [0, 0.05) is 23.1 Å². The normalized spacial score (nSPS) is 29.0. The molecule has 0 radical (unpaired) electrons. The summed E-state index contributed by atoms with van der Waals surface area (Å²) in [4.78, 5) is 61.9. The molecule has 1 aromatic heterocycles. The van der Waals surface area contributed by atoms with Crippen LogP contribution in [0.15, 0.2) is 42.6 Å². The van der Waals surface area contributed by atoms with Crippen molar-refractivity contribution < 1.29 is 55.0 Å². The summed E-state index contributed by atoms with van der Waals surface area (Å²) in [6.45, 7) is 7.37. The molecule has 2 aromatic rings. The molecule has 14 nitrogen and oxygen atoms in total. The number of carbonyl (C=O) groups is 4. The van der Waals surface area contributed by atoms with E-state index in [1.54, 1.807) is 12.1 Å². The number of sulfonamides is 1. The molecule has 3 fully saturated rings. The van der Waals surface area contributed by atoms with E-state index in [9.17, 15) is 40.8 Å². The third-order valence-electron chi connectivity index (χ3n) is 11.7. The van der Waals surface area contributed by atoms with Crippen LogP contribution in [0.3, 0.4) is 0 Å². The number of nitrogens with one attached hydrogen (secondary N) is 3. The number of hydrogen-bond donors (Lipinski definition) is 3. The molecule has 0 bridgehead atoms. The Morgan fingerprint density at radius 3 is 2.39 bits per heavy atom. The molecule has 3 N–H and O–H groups in total. The number of aromatic nitrogens is 1. The molecule has 3 heterocycles. The lowest BCUT2D eigenvalue weighted by Gasteiger charge is -2.32. The molecule has 4 aliphatic rings. The first-order valence-corrected chi connectivity index (χ1v) is 21.9. The van der Waals surface area contributed by atoms with Gasteiger partial charge in [0.25, 0.3) is 5.91 Å². The number of alkyl halides is 3. The highest BCUT2D eigenvalue weighted by molar-refractivity contribution is 7.91. The van der Waals surface area contributed by atoms with Crippen molar-refractivity contribution in [2.45, 2.75) is 133 Å². The molecule has 59 heavy (non-hydrogen) atoms. The summed E-state index contributed by atoms with van der Waals surface area (Å²) in [6.07, 6.45) is 1.69. The van der Waals surface area contributed by atoms with Gasteiger partial charge in [0.05, 0.1) is 24.6 Å². The number of carbonyl (C=O) groups excluding carboxylic acids is 4. The summed E-state index contributed by atoms with van der Waals surface area (Å²) >= 11 is 0. The molecule has 1 unspecified atom stereocenters. The van der Waals surface area contributed by atoms with Crippen LogP contribution in [0.4, 0.5) is 18.0 Å². The van der Waals surface area contributed by atoms with E-state index in [1.165, 1.54) is 11.1 Å². The summed E-state index contributed by atoms with van der Waals surface area (Å²) in [7, 11) is -3.98. The Morgan fingerprint density at radius 2 is 1.71 bits per heavy atom. The Labute approximate surface area is 342 Å². The number of rotatable bonds is 9. The first kappa shape index (κ1) is 44.0. The Balaban J connectivity index is 1.35. The van der Waals surface area contributed by atoms with E-state index in [1.807, 2.05) is 38.1 Å². The van der Waals surface area contributed by atoms with E-state index >= 15 is 0 Å². The Morgan fingerprint density at radius 1 is 1.02 bits per heavy atom. The third-order valence-corrected chi connectivity index (χ3v) is 13.5. The molecule has 4 amide bonds. The summed E-state index contributed by atoms with van der Waals surface area (Å²) in [5.74, 6) is -2.19. The molecule has 324 valence electrons. The van der Waals surface area contributed by atoms with E-state index in [0.717, 1.165) is 12.8 Å². The fourth-order valence-corrected chi connectivity index (χ4v) is 9.13. The van der Waals surface area contributed by atoms with Gasteiger partial charge in [0.1, 0.15) is 29.5 Å². The van der Waals surface area contributed by atoms with Crippen molar-refractivity contribution >= 4 is 44.6 Å². The van der Waals surface area contributed by atoms with Gasteiger partial charge < -0.3 is 29.7 Å². The minimum atomic E-state index is -4.91. The van der Waals surface area contributed by atoms with Gasteiger partial charge in [0.2, 0.25) is 33.3 Å². The van der Waals surface area contributed by atoms with E-state index in [0.29, 0.717) is 62.7 Å². The fourth-order valence-electron chi connectivity index (χ4n) is 7.76. The van der Waals surface area contributed by atoms with Crippen LogP contribution in [-0.2, 0) is 29.1 Å². The Bertz CT molecular complexity index is 2060. The smallest absolute Gasteiger partial charge is 0.427 e. The van der Waals surface area contributed by atoms with E-state index in [-0.39, 0.29) is 43.5 Å². The second kappa shape index (κ2) is 17.2. The highest BCUT2D eigenvalue weighted by atomic mass is 32.2. The van der Waals surface area contributed by atoms with Crippen molar-refractivity contribution in [2.75, 3.05) is 13.2 Å². The lowest BCUT2D eigenvalue weighted by atomic mass is 9.90. The monoisotopic (exact) mass is 849 g/mol. The third kappa shape index (κ3) is 10.1. The molecule has 7 atom stereocenters. The van der Waals surface area contributed by atoms with Gasteiger partial charge >= 0.3 is 12.3 Å². The minimum Gasteiger partial charge on any atom is -0.492 e. The number of alkyl carbamates (subject to hydrolysis) is 1. The number of halogens is 3. The molecule has 18 heteroatoms.